The molecule has 1 N–H and O–H groups in total. The van der Waals surface area contributed by atoms with Gasteiger partial charge in [0.2, 0.25) is 25.2 Å². The van der Waals surface area contributed by atoms with Gasteiger partial charge in [-0.2, -0.15) is 0 Å². The number of carbonyl (C=O) groups is 2. The molecule has 0 aliphatic carbocycles. The molecule has 0 aromatic heterocycles. The quantitative estimate of drug-likeness (QED) is 0.715. The summed E-state index contributed by atoms with van der Waals surface area (Å²) >= 11 is 0. The summed E-state index contributed by atoms with van der Waals surface area (Å²) < 4.78 is 27.4. The normalized spacial score (nSPS) is 15.8. The second kappa shape index (κ2) is 7.99. The van der Waals surface area contributed by atoms with E-state index in [1.807, 2.05) is 12.1 Å². The molecule has 3 aliphatic heterocycles. The lowest BCUT2D eigenvalue weighted by Crippen LogP contribution is -2.35. The van der Waals surface area contributed by atoms with Crippen molar-refractivity contribution in [1.82, 2.24) is 10.2 Å². The van der Waals surface area contributed by atoms with Gasteiger partial charge in [-0.3, -0.25) is 9.59 Å². The fourth-order valence-corrected chi connectivity index (χ4v) is 4.09. The lowest BCUT2D eigenvalue weighted by Gasteiger charge is -2.28. The van der Waals surface area contributed by atoms with Gasteiger partial charge in [0.15, 0.2) is 23.0 Å². The molecule has 32 heavy (non-hydrogen) atoms. The number of ether oxygens (including phenoxy) is 5. The summed E-state index contributed by atoms with van der Waals surface area (Å²) in [4.78, 5) is 27.0. The monoisotopic (exact) mass is 438 g/mol. The maximum absolute atomic E-state index is 12.9. The summed E-state index contributed by atoms with van der Waals surface area (Å²) in [6, 6.07) is 5.46. The maximum atomic E-state index is 12.9. The third-order valence-corrected chi connectivity index (χ3v) is 5.71. The number of carbonyl (C=O) groups excluding carboxylic acids is 2. The number of amides is 2. The number of nitrogens with zero attached hydrogens (tertiary/aromatic N) is 1. The van der Waals surface area contributed by atoms with Crippen LogP contribution in [0, 0.1) is 0 Å². The SMILES string of the molecule is COc1c2c(c(CNC(=O)/C=C/c3ccc4c(c3)OCO4)c3c1C(=O)N(C)CC3)OCO2. The van der Waals surface area contributed by atoms with Crippen LogP contribution in [-0.2, 0) is 17.8 Å². The van der Waals surface area contributed by atoms with Crippen LogP contribution < -0.4 is 29.0 Å². The van der Waals surface area contributed by atoms with Crippen LogP contribution >= 0.6 is 0 Å². The maximum Gasteiger partial charge on any atom is 0.257 e. The molecular formula is C23H22N2O7. The molecule has 0 radical (unpaired) electrons. The van der Waals surface area contributed by atoms with Gasteiger partial charge in [-0.1, -0.05) is 6.07 Å². The molecule has 166 valence electrons. The molecule has 0 bridgehead atoms. The first kappa shape index (κ1) is 20.0. The number of hydrogen-bond acceptors (Lipinski definition) is 7. The molecular weight excluding hydrogens is 416 g/mol. The summed E-state index contributed by atoms with van der Waals surface area (Å²) in [6.45, 7) is 0.992. The molecule has 9 heteroatoms. The molecule has 0 fully saturated rings. The highest BCUT2D eigenvalue weighted by Crippen LogP contribution is 2.49. The van der Waals surface area contributed by atoms with Gasteiger partial charge >= 0.3 is 0 Å². The van der Waals surface area contributed by atoms with Crippen molar-refractivity contribution in [2.75, 3.05) is 34.3 Å². The van der Waals surface area contributed by atoms with Gasteiger partial charge in [0.25, 0.3) is 5.91 Å². The smallest absolute Gasteiger partial charge is 0.257 e. The first-order chi connectivity index (χ1) is 15.6. The van der Waals surface area contributed by atoms with Gasteiger partial charge in [0.05, 0.1) is 12.7 Å². The molecule has 0 unspecified atom stereocenters. The van der Waals surface area contributed by atoms with Crippen molar-refractivity contribution >= 4 is 17.9 Å². The number of fused-ring (bicyclic) bond motifs is 3. The van der Waals surface area contributed by atoms with Gasteiger partial charge < -0.3 is 33.9 Å². The van der Waals surface area contributed by atoms with Crippen molar-refractivity contribution in [2.24, 2.45) is 0 Å². The lowest BCUT2D eigenvalue weighted by atomic mass is 9.91. The lowest BCUT2D eigenvalue weighted by molar-refractivity contribution is -0.116. The summed E-state index contributed by atoms with van der Waals surface area (Å²) in [7, 11) is 3.25. The zero-order valence-corrected chi connectivity index (χ0v) is 17.7. The molecule has 0 spiro atoms. The Bertz CT molecular complexity index is 1140. The first-order valence-electron chi connectivity index (χ1n) is 10.2. The zero-order chi connectivity index (χ0) is 22.2. The third-order valence-electron chi connectivity index (χ3n) is 5.71. The average molecular weight is 438 g/mol. The highest BCUT2D eigenvalue weighted by molar-refractivity contribution is 6.01. The molecule has 5 rings (SSSR count). The van der Waals surface area contributed by atoms with E-state index in [0.29, 0.717) is 47.3 Å². The van der Waals surface area contributed by atoms with Crippen molar-refractivity contribution in [3.05, 3.63) is 46.5 Å². The van der Waals surface area contributed by atoms with Gasteiger partial charge in [-0.15, -0.1) is 0 Å². The minimum Gasteiger partial charge on any atom is -0.492 e. The minimum absolute atomic E-state index is 0.0313. The van der Waals surface area contributed by atoms with E-state index in [1.165, 1.54) is 13.2 Å². The van der Waals surface area contributed by atoms with Crippen molar-refractivity contribution in [2.45, 2.75) is 13.0 Å². The van der Waals surface area contributed by atoms with E-state index in [-0.39, 0.29) is 31.9 Å². The number of methoxy groups -OCH3 is 1. The topological polar surface area (TPSA) is 95.6 Å². The summed E-state index contributed by atoms with van der Waals surface area (Å²) in [5.41, 5.74) is 2.83. The van der Waals surface area contributed by atoms with Crippen LogP contribution in [0.5, 0.6) is 28.7 Å². The van der Waals surface area contributed by atoms with Gasteiger partial charge in [-0.25, -0.2) is 0 Å². The Kier molecular flexibility index (Phi) is 5.01. The first-order valence-corrected chi connectivity index (χ1v) is 10.2. The number of rotatable bonds is 5. The van der Waals surface area contributed by atoms with Crippen molar-refractivity contribution < 1.29 is 33.3 Å². The van der Waals surface area contributed by atoms with Crippen LogP contribution in [0.2, 0.25) is 0 Å². The van der Waals surface area contributed by atoms with Crippen LogP contribution in [0.4, 0.5) is 0 Å². The fraction of sp³-hybridized carbons (Fsp3) is 0.304. The minimum atomic E-state index is -0.279. The molecule has 0 atom stereocenters. The second-order valence-electron chi connectivity index (χ2n) is 7.57. The fourth-order valence-electron chi connectivity index (χ4n) is 4.09. The molecule has 2 aromatic carbocycles. The largest absolute Gasteiger partial charge is 0.492 e. The Morgan fingerprint density at radius 1 is 1.16 bits per heavy atom. The Morgan fingerprint density at radius 3 is 2.78 bits per heavy atom. The van der Waals surface area contributed by atoms with Crippen LogP contribution in [0.15, 0.2) is 24.3 Å². The van der Waals surface area contributed by atoms with Crippen LogP contribution in [-0.4, -0.2) is 51.0 Å². The van der Waals surface area contributed by atoms with E-state index in [2.05, 4.69) is 5.32 Å². The zero-order valence-electron chi connectivity index (χ0n) is 17.7. The van der Waals surface area contributed by atoms with Gasteiger partial charge in [-0.05, 0) is 35.8 Å². The van der Waals surface area contributed by atoms with E-state index >= 15 is 0 Å². The highest BCUT2D eigenvalue weighted by atomic mass is 16.7. The van der Waals surface area contributed by atoms with E-state index in [1.54, 1.807) is 24.1 Å². The van der Waals surface area contributed by atoms with E-state index < -0.39 is 0 Å². The number of likely N-dealkylation sites (N-methyl/N-ethyl adjacent to an activating group) is 1. The number of hydrogen-bond donors (Lipinski definition) is 1. The summed E-state index contributed by atoms with van der Waals surface area (Å²) in [5, 5.41) is 2.88. The Balaban J connectivity index is 1.38. The molecule has 3 aliphatic rings. The van der Waals surface area contributed by atoms with Gasteiger partial charge in [0.1, 0.15) is 0 Å². The number of nitrogens with one attached hydrogen (secondary N) is 1. The Morgan fingerprint density at radius 2 is 1.94 bits per heavy atom. The molecule has 0 saturated heterocycles. The standard InChI is InChI=1S/C23H22N2O7/c1-25-8-7-14-15(20-22(32-12-31-20)21(28-2)19(14)23(25)27)10-24-18(26)6-4-13-3-5-16-17(9-13)30-11-29-16/h3-6,9H,7-8,10-12H2,1-2H3,(H,24,26)/b6-4+. The Hall–Kier alpha value is -3.88. The molecule has 2 aromatic rings. The van der Waals surface area contributed by atoms with Crippen molar-refractivity contribution in [3.8, 4) is 28.7 Å². The van der Waals surface area contributed by atoms with E-state index in [0.717, 1.165) is 16.7 Å². The summed E-state index contributed by atoms with van der Waals surface area (Å²) in [6.07, 6.45) is 3.77. The second-order valence-corrected chi connectivity index (χ2v) is 7.57. The van der Waals surface area contributed by atoms with Crippen molar-refractivity contribution in [1.29, 1.82) is 0 Å². The molecule has 9 nitrogen and oxygen atoms in total. The predicted octanol–water partition coefficient (Wildman–Crippen LogP) is 2.11. The number of benzene rings is 2. The predicted molar refractivity (Wildman–Crippen MR) is 113 cm³/mol. The molecule has 0 saturated carbocycles. The van der Waals surface area contributed by atoms with Crippen molar-refractivity contribution in [3.63, 3.8) is 0 Å². The van der Waals surface area contributed by atoms with Crippen LogP contribution in [0.25, 0.3) is 6.08 Å². The third kappa shape index (κ3) is 3.35. The van der Waals surface area contributed by atoms with E-state index in [9.17, 15) is 9.59 Å². The highest BCUT2D eigenvalue weighted by Gasteiger charge is 2.36. The average Bonchev–Trinajstić information content (AvgIpc) is 3.47. The Labute approximate surface area is 184 Å². The van der Waals surface area contributed by atoms with Crippen LogP contribution in [0.3, 0.4) is 0 Å². The molecule has 3 heterocycles. The van der Waals surface area contributed by atoms with Crippen LogP contribution in [0.1, 0.15) is 27.0 Å². The summed E-state index contributed by atoms with van der Waals surface area (Å²) in [5.74, 6) is 2.21. The van der Waals surface area contributed by atoms with Gasteiger partial charge in [0, 0.05) is 31.8 Å². The van der Waals surface area contributed by atoms with E-state index in [4.69, 9.17) is 23.7 Å². The molecule has 2 amide bonds.